The summed E-state index contributed by atoms with van der Waals surface area (Å²) in [4.78, 5) is 24.6. The molecule has 0 aliphatic carbocycles. The summed E-state index contributed by atoms with van der Waals surface area (Å²) in [7, 11) is -2.76. The molecule has 0 unspecified atom stereocenters. The van der Waals surface area contributed by atoms with E-state index in [9.17, 15) is 31.2 Å². The molecule has 0 atom stereocenters. The van der Waals surface area contributed by atoms with E-state index >= 15 is 0 Å². The van der Waals surface area contributed by atoms with Crippen LogP contribution in [0.15, 0.2) is 69.8 Å². The van der Waals surface area contributed by atoms with E-state index in [4.69, 9.17) is 0 Å². The molecule has 8 nitrogen and oxygen atoms in total. The molecule has 0 bridgehead atoms. The Morgan fingerprint density at radius 3 is 2.40 bits per heavy atom. The highest BCUT2D eigenvalue weighted by Gasteiger charge is 2.22. The first kappa shape index (κ1) is 24.3. The summed E-state index contributed by atoms with van der Waals surface area (Å²) in [6.07, 6.45) is -1.30. The van der Waals surface area contributed by atoms with E-state index in [0.29, 0.717) is 22.4 Å². The van der Waals surface area contributed by atoms with Gasteiger partial charge in [-0.05, 0) is 60.0 Å². The lowest BCUT2D eigenvalue weighted by Crippen LogP contribution is -2.33. The SMILES string of the molecule is CNc1cc2ccn(-c3ccc(NC(=O)NS(=O)(=O)c4ccc(C(F)F)s4)cc3)c(=O)c2cc1F. The third kappa shape index (κ3) is 5.00. The molecule has 0 spiro atoms. The lowest BCUT2D eigenvalue weighted by molar-refractivity contribution is 0.155. The summed E-state index contributed by atoms with van der Waals surface area (Å²) in [5, 5.41) is 5.77. The number of nitrogens with zero attached hydrogens (tertiary/aromatic N) is 1. The summed E-state index contributed by atoms with van der Waals surface area (Å²) >= 11 is 0.361. The highest BCUT2D eigenvalue weighted by Crippen LogP contribution is 2.29. The quantitative estimate of drug-likeness (QED) is 0.341. The summed E-state index contributed by atoms with van der Waals surface area (Å²) in [6.45, 7) is 0. The number of carbonyl (C=O) groups is 1. The smallest absolute Gasteiger partial charge is 0.333 e. The van der Waals surface area contributed by atoms with E-state index in [-0.39, 0.29) is 16.8 Å². The predicted octanol–water partition coefficient (Wildman–Crippen LogP) is 4.68. The summed E-state index contributed by atoms with van der Waals surface area (Å²) in [5.74, 6) is -0.566. The van der Waals surface area contributed by atoms with Crippen LogP contribution in [-0.2, 0) is 10.0 Å². The first-order valence-corrected chi connectivity index (χ1v) is 12.2. The Bertz CT molecular complexity index is 1580. The van der Waals surface area contributed by atoms with Gasteiger partial charge in [-0.1, -0.05) is 0 Å². The second kappa shape index (κ2) is 9.43. The van der Waals surface area contributed by atoms with Crippen LogP contribution in [0.25, 0.3) is 16.5 Å². The maximum absolute atomic E-state index is 14.1. The van der Waals surface area contributed by atoms with Gasteiger partial charge in [-0.25, -0.2) is 31.1 Å². The molecule has 2 aromatic carbocycles. The number of amides is 2. The Morgan fingerprint density at radius 1 is 1.06 bits per heavy atom. The van der Waals surface area contributed by atoms with Crippen LogP contribution in [0.5, 0.6) is 0 Å². The molecule has 0 aliphatic heterocycles. The van der Waals surface area contributed by atoms with Gasteiger partial charge in [-0.2, -0.15) is 0 Å². The maximum Gasteiger partial charge on any atom is 0.333 e. The number of sulfonamides is 1. The molecular formula is C22H17F3N4O4S2. The fourth-order valence-corrected chi connectivity index (χ4v) is 5.38. The molecule has 2 amide bonds. The average molecular weight is 523 g/mol. The van der Waals surface area contributed by atoms with E-state index in [0.717, 1.165) is 18.2 Å². The van der Waals surface area contributed by atoms with Gasteiger partial charge in [0.2, 0.25) is 0 Å². The molecule has 0 saturated carbocycles. The number of urea groups is 1. The molecule has 4 rings (SSSR count). The molecule has 2 aromatic heterocycles. The van der Waals surface area contributed by atoms with Crippen LogP contribution in [0.2, 0.25) is 0 Å². The molecule has 35 heavy (non-hydrogen) atoms. The summed E-state index contributed by atoms with van der Waals surface area (Å²) in [5.41, 5.74) is 0.442. The van der Waals surface area contributed by atoms with Crippen molar-refractivity contribution in [2.75, 3.05) is 17.7 Å². The van der Waals surface area contributed by atoms with Crippen molar-refractivity contribution in [3.05, 3.63) is 81.8 Å². The van der Waals surface area contributed by atoms with Gasteiger partial charge < -0.3 is 10.6 Å². The topological polar surface area (TPSA) is 109 Å². The third-order valence-corrected chi connectivity index (χ3v) is 7.89. The number of pyridine rings is 1. The number of halogens is 3. The number of alkyl halides is 2. The maximum atomic E-state index is 14.1. The van der Waals surface area contributed by atoms with Gasteiger partial charge in [0.25, 0.3) is 22.0 Å². The molecule has 0 radical (unpaired) electrons. The second-order valence-corrected chi connectivity index (χ2v) is 10.2. The number of anilines is 2. The normalized spacial score (nSPS) is 11.6. The standard InChI is InChI=1S/C22H17F3N4O4S2/c1-26-17-10-12-8-9-29(21(30)15(12)11-16(17)23)14-4-2-13(3-5-14)27-22(31)28-35(32,33)19-7-6-18(34-19)20(24)25/h2-11,20,26H,1H3,(H2,27,28,31). The Labute approximate surface area is 201 Å². The highest BCUT2D eigenvalue weighted by molar-refractivity contribution is 7.92. The second-order valence-electron chi connectivity index (χ2n) is 7.22. The number of benzene rings is 2. The molecule has 13 heteroatoms. The molecule has 182 valence electrons. The van der Waals surface area contributed by atoms with Crippen molar-refractivity contribution in [1.29, 1.82) is 0 Å². The Morgan fingerprint density at radius 2 is 1.77 bits per heavy atom. The number of aromatic nitrogens is 1. The van der Waals surface area contributed by atoms with Crippen molar-refractivity contribution >= 4 is 49.5 Å². The van der Waals surface area contributed by atoms with E-state index in [1.165, 1.54) is 41.1 Å². The zero-order valence-electron chi connectivity index (χ0n) is 17.9. The number of rotatable bonds is 6. The average Bonchev–Trinajstić information content (AvgIpc) is 3.32. The molecule has 2 heterocycles. The Hall–Kier alpha value is -3.84. The third-order valence-electron chi connectivity index (χ3n) is 4.97. The van der Waals surface area contributed by atoms with Gasteiger partial charge in [-0.15, -0.1) is 11.3 Å². The fourth-order valence-electron chi connectivity index (χ4n) is 3.29. The zero-order chi connectivity index (χ0) is 25.3. The minimum atomic E-state index is -4.34. The minimum absolute atomic E-state index is 0.180. The summed E-state index contributed by atoms with van der Waals surface area (Å²) < 4.78 is 66.7. The molecule has 0 aliphatic rings. The molecule has 3 N–H and O–H groups in total. The first-order chi connectivity index (χ1) is 16.6. The number of hydrogen-bond acceptors (Lipinski definition) is 6. The van der Waals surface area contributed by atoms with E-state index < -0.39 is 42.9 Å². The van der Waals surface area contributed by atoms with Crippen molar-refractivity contribution in [2.24, 2.45) is 0 Å². The predicted molar refractivity (Wildman–Crippen MR) is 128 cm³/mol. The molecule has 4 aromatic rings. The number of thiophene rings is 1. The van der Waals surface area contributed by atoms with Crippen LogP contribution in [-0.4, -0.2) is 26.1 Å². The Kier molecular flexibility index (Phi) is 6.54. The van der Waals surface area contributed by atoms with Crippen LogP contribution in [0.4, 0.5) is 29.3 Å². The lowest BCUT2D eigenvalue weighted by Gasteiger charge is -2.11. The highest BCUT2D eigenvalue weighted by atomic mass is 32.2. The van der Waals surface area contributed by atoms with Crippen LogP contribution >= 0.6 is 11.3 Å². The van der Waals surface area contributed by atoms with Gasteiger partial charge in [-0.3, -0.25) is 9.36 Å². The number of carbonyl (C=O) groups excluding carboxylic acids is 1. The van der Waals surface area contributed by atoms with Gasteiger partial charge in [0.1, 0.15) is 10.0 Å². The number of nitrogens with one attached hydrogen (secondary N) is 3. The number of fused-ring (bicyclic) bond motifs is 1. The molecule has 0 saturated heterocycles. The zero-order valence-corrected chi connectivity index (χ0v) is 19.5. The van der Waals surface area contributed by atoms with Gasteiger partial charge in [0, 0.05) is 24.6 Å². The fraction of sp³-hybridized carbons (Fsp3) is 0.0909. The van der Waals surface area contributed by atoms with Gasteiger partial charge in [0.05, 0.1) is 16.0 Å². The largest absolute Gasteiger partial charge is 0.386 e. The Balaban J connectivity index is 1.51. The number of hydrogen-bond donors (Lipinski definition) is 3. The lowest BCUT2D eigenvalue weighted by atomic mass is 10.1. The summed E-state index contributed by atoms with van der Waals surface area (Å²) in [6, 6.07) is 11.1. The van der Waals surface area contributed by atoms with Crippen LogP contribution in [0.1, 0.15) is 11.3 Å². The van der Waals surface area contributed by atoms with Crippen molar-refractivity contribution in [1.82, 2.24) is 9.29 Å². The van der Waals surface area contributed by atoms with Gasteiger partial charge >= 0.3 is 6.03 Å². The monoisotopic (exact) mass is 522 g/mol. The van der Waals surface area contributed by atoms with E-state index in [1.807, 2.05) is 0 Å². The van der Waals surface area contributed by atoms with Crippen LogP contribution in [0, 0.1) is 5.82 Å². The van der Waals surface area contributed by atoms with E-state index in [2.05, 4.69) is 10.6 Å². The first-order valence-electron chi connectivity index (χ1n) is 9.94. The van der Waals surface area contributed by atoms with E-state index in [1.54, 1.807) is 17.8 Å². The van der Waals surface area contributed by atoms with Crippen molar-refractivity contribution in [3.8, 4) is 5.69 Å². The molecule has 0 fully saturated rings. The van der Waals surface area contributed by atoms with Gasteiger partial charge in [0.15, 0.2) is 0 Å². The van der Waals surface area contributed by atoms with Crippen LogP contribution < -0.4 is 20.9 Å². The van der Waals surface area contributed by atoms with Crippen molar-refractivity contribution < 1.29 is 26.4 Å². The van der Waals surface area contributed by atoms with Crippen molar-refractivity contribution in [3.63, 3.8) is 0 Å². The minimum Gasteiger partial charge on any atom is -0.386 e. The van der Waals surface area contributed by atoms with Crippen LogP contribution in [0.3, 0.4) is 0 Å². The molecular weight excluding hydrogens is 505 g/mol. The van der Waals surface area contributed by atoms with Crippen molar-refractivity contribution in [2.45, 2.75) is 10.6 Å².